The highest BCUT2D eigenvalue weighted by Crippen LogP contribution is 2.20. The van der Waals surface area contributed by atoms with E-state index in [0.29, 0.717) is 5.69 Å². The van der Waals surface area contributed by atoms with Crippen molar-refractivity contribution in [1.29, 1.82) is 0 Å². The standard InChI is InChI=1S/C19H20N2O/c1-3-4-12-17-20-18(16-11-7-8-13-21(16)17)19(22)15-10-6-5-9-14(15)2/h5-11,13H,3-4,12H2,1-2H3. The van der Waals surface area contributed by atoms with Gasteiger partial charge in [0.2, 0.25) is 5.78 Å². The lowest BCUT2D eigenvalue weighted by Gasteiger charge is -2.02. The third-order valence-corrected chi connectivity index (χ3v) is 3.98. The van der Waals surface area contributed by atoms with Gasteiger partial charge < -0.3 is 4.40 Å². The zero-order valence-corrected chi connectivity index (χ0v) is 13.0. The van der Waals surface area contributed by atoms with E-state index < -0.39 is 0 Å². The summed E-state index contributed by atoms with van der Waals surface area (Å²) >= 11 is 0. The molecule has 0 saturated carbocycles. The average Bonchev–Trinajstić information content (AvgIpc) is 2.92. The Hall–Kier alpha value is -2.42. The second-order valence-corrected chi connectivity index (χ2v) is 5.58. The van der Waals surface area contributed by atoms with Crippen LogP contribution in [0.4, 0.5) is 0 Å². The molecule has 0 atom stereocenters. The van der Waals surface area contributed by atoms with Crippen LogP contribution in [0.5, 0.6) is 0 Å². The second-order valence-electron chi connectivity index (χ2n) is 5.58. The normalized spacial score (nSPS) is 11.0. The molecule has 0 amide bonds. The van der Waals surface area contributed by atoms with E-state index in [1.54, 1.807) is 0 Å². The third kappa shape index (κ3) is 2.54. The van der Waals surface area contributed by atoms with Crippen molar-refractivity contribution < 1.29 is 4.79 Å². The van der Waals surface area contributed by atoms with Crippen LogP contribution in [0.1, 0.15) is 47.2 Å². The lowest BCUT2D eigenvalue weighted by molar-refractivity contribution is 0.103. The van der Waals surface area contributed by atoms with E-state index in [1.165, 1.54) is 0 Å². The number of pyridine rings is 1. The first-order valence-electron chi connectivity index (χ1n) is 7.78. The Labute approximate surface area is 130 Å². The lowest BCUT2D eigenvalue weighted by Crippen LogP contribution is -2.04. The van der Waals surface area contributed by atoms with Crippen LogP contribution >= 0.6 is 0 Å². The van der Waals surface area contributed by atoms with Gasteiger partial charge in [0, 0.05) is 18.2 Å². The van der Waals surface area contributed by atoms with Gasteiger partial charge in [-0.25, -0.2) is 4.98 Å². The Bertz CT molecular complexity index is 817. The maximum absolute atomic E-state index is 12.9. The molecule has 0 radical (unpaired) electrons. The fourth-order valence-electron chi connectivity index (χ4n) is 2.73. The molecule has 0 aliphatic heterocycles. The molecular weight excluding hydrogens is 272 g/mol. The molecule has 3 nitrogen and oxygen atoms in total. The van der Waals surface area contributed by atoms with E-state index in [0.717, 1.165) is 41.7 Å². The Morgan fingerprint density at radius 1 is 1.14 bits per heavy atom. The van der Waals surface area contributed by atoms with Crippen molar-refractivity contribution in [3.8, 4) is 0 Å². The van der Waals surface area contributed by atoms with E-state index in [9.17, 15) is 4.79 Å². The van der Waals surface area contributed by atoms with E-state index in [1.807, 2.05) is 60.0 Å². The minimum atomic E-state index is 0.00421. The maximum atomic E-state index is 12.9. The molecule has 0 unspecified atom stereocenters. The summed E-state index contributed by atoms with van der Waals surface area (Å²) in [5, 5.41) is 0. The van der Waals surface area contributed by atoms with E-state index in [2.05, 4.69) is 11.9 Å². The van der Waals surface area contributed by atoms with Crippen LogP contribution in [0.15, 0.2) is 48.7 Å². The van der Waals surface area contributed by atoms with Gasteiger partial charge in [-0.15, -0.1) is 0 Å². The van der Waals surface area contributed by atoms with Crippen molar-refractivity contribution >= 4 is 11.3 Å². The van der Waals surface area contributed by atoms with Gasteiger partial charge in [-0.3, -0.25) is 4.79 Å². The van der Waals surface area contributed by atoms with Crippen LogP contribution in [0.3, 0.4) is 0 Å². The number of unbranched alkanes of at least 4 members (excludes halogenated alkanes) is 1. The molecule has 1 aromatic carbocycles. The molecule has 2 heterocycles. The molecule has 0 fully saturated rings. The second kappa shape index (κ2) is 6.14. The van der Waals surface area contributed by atoms with Crippen molar-refractivity contribution in [3.05, 3.63) is 71.3 Å². The molecular formula is C19H20N2O. The number of hydrogen-bond donors (Lipinski definition) is 0. The van der Waals surface area contributed by atoms with Crippen molar-refractivity contribution in [2.24, 2.45) is 0 Å². The van der Waals surface area contributed by atoms with Gasteiger partial charge in [0.05, 0.1) is 5.52 Å². The number of benzene rings is 1. The molecule has 112 valence electrons. The van der Waals surface area contributed by atoms with Gasteiger partial charge >= 0.3 is 0 Å². The van der Waals surface area contributed by atoms with Crippen molar-refractivity contribution in [2.75, 3.05) is 0 Å². The zero-order chi connectivity index (χ0) is 15.5. The Kier molecular flexibility index (Phi) is 4.05. The summed E-state index contributed by atoms with van der Waals surface area (Å²) in [6, 6.07) is 13.6. The molecule has 0 bridgehead atoms. The lowest BCUT2D eigenvalue weighted by atomic mass is 10.0. The quantitative estimate of drug-likeness (QED) is 0.660. The van der Waals surface area contributed by atoms with Gasteiger partial charge in [0.1, 0.15) is 11.5 Å². The molecule has 3 rings (SSSR count). The molecule has 0 N–H and O–H groups in total. The van der Waals surface area contributed by atoms with E-state index in [-0.39, 0.29) is 5.78 Å². The molecule has 0 saturated heterocycles. The summed E-state index contributed by atoms with van der Waals surface area (Å²) in [6.45, 7) is 4.12. The first-order chi connectivity index (χ1) is 10.7. The number of imidazole rings is 1. The number of rotatable bonds is 5. The Morgan fingerprint density at radius 2 is 1.91 bits per heavy atom. The monoisotopic (exact) mass is 292 g/mol. The van der Waals surface area contributed by atoms with E-state index >= 15 is 0 Å². The van der Waals surface area contributed by atoms with Crippen LogP contribution < -0.4 is 0 Å². The topological polar surface area (TPSA) is 34.4 Å². The Balaban J connectivity index is 2.11. The van der Waals surface area contributed by atoms with Gasteiger partial charge in [-0.1, -0.05) is 43.7 Å². The number of aromatic nitrogens is 2. The minimum absolute atomic E-state index is 0.00421. The highest BCUT2D eigenvalue weighted by molar-refractivity contribution is 6.12. The number of carbonyl (C=O) groups is 1. The molecule has 22 heavy (non-hydrogen) atoms. The highest BCUT2D eigenvalue weighted by atomic mass is 16.1. The maximum Gasteiger partial charge on any atom is 0.213 e. The smallest absolute Gasteiger partial charge is 0.213 e. The van der Waals surface area contributed by atoms with Crippen LogP contribution in [0.2, 0.25) is 0 Å². The van der Waals surface area contributed by atoms with Crippen molar-refractivity contribution in [1.82, 2.24) is 9.38 Å². The van der Waals surface area contributed by atoms with Gasteiger partial charge in [0.25, 0.3) is 0 Å². The largest absolute Gasteiger partial charge is 0.303 e. The summed E-state index contributed by atoms with van der Waals surface area (Å²) in [5.41, 5.74) is 3.16. The van der Waals surface area contributed by atoms with Crippen LogP contribution in [0, 0.1) is 6.92 Å². The summed E-state index contributed by atoms with van der Waals surface area (Å²) in [7, 11) is 0. The summed E-state index contributed by atoms with van der Waals surface area (Å²) < 4.78 is 2.04. The van der Waals surface area contributed by atoms with E-state index in [4.69, 9.17) is 0 Å². The molecule has 3 aromatic rings. The number of fused-ring (bicyclic) bond motifs is 1. The predicted octanol–water partition coefficient (Wildman–Crippen LogP) is 4.22. The third-order valence-electron chi connectivity index (χ3n) is 3.98. The van der Waals surface area contributed by atoms with Gasteiger partial charge in [0.15, 0.2) is 0 Å². The number of nitrogens with zero attached hydrogens (tertiary/aromatic N) is 2. The fraction of sp³-hybridized carbons (Fsp3) is 0.263. The summed E-state index contributed by atoms with van der Waals surface area (Å²) in [6.07, 6.45) is 5.07. The van der Waals surface area contributed by atoms with Crippen LogP contribution in [-0.4, -0.2) is 15.2 Å². The number of carbonyl (C=O) groups excluding carboxylic acids is 1. The SMILES string of the molecule is CCCCc1nc(C(=O)c2ccccc2C)c2ccccn12. The average molecular weight is 292 g/mol. The first kappa shape index (κ1) is 14.5. The molecule has 2 aromatic heterocycles. The van der Waals surface area contributed by atoms with Crippen molar-refractivity contribution in [3.63, 3.8) is 0 Å². The molecule has 0 aliphatic carbocycles. The Morgan fingerprint density at radius 3 is 2.68 bits per heavy atom. The zero-order valence-electron chi connectivity index (χ0n) is 13.0. The van der Waals surface area contributed by atoms with Crippen molar-refractivity contribution in [2.45, 2.75) is 33.1 Å². The molecule has 3 heteroatoms. The predicted molar refractivity (Wildman–Crippen MR) is 88.4 cm³/mol. The summed E-state index contributed by atoms with van der Waals surface area (Å²) in [4.78, 5) is 17.6. The van der Waals surface area contributed by atoms with Crippen LogP contribution in [-0.2, 0) is 6.42 Å². The fourth-order valence-corrected chi connectivity index (χ4v) is 2.73. The van der Waals surface area contributed by atoms with Gasteiger partial charge in [-0.2, -0.15) is 0 Å². The number of aryl methyl sites for hydroxylation is 2. The summed E-state index contributed by atoms with van der Waals surface area (Å²) in [5.74, 6) is 0.971. The number of ketones is 1. The minimum Gasteiger partial charge on any atom is -0.303 e. The molecule has 0 spiro atoms. The molecule has 0 aliphatic rings. The first-order valence-corrected chi connectivity index (χ1v) is 7.78. The number of hydrogen-bond acceptors (Lipinski definition) is 2. The van der Waals surface area contributed by atoms with Gasteiger partial charge in [-0.05, 0) is 31.0 Å². The van der Waals surface area contributed by atoms with Crippen LogP contribution in [0.25, 0.3) is 5.52 Å². The highest BCUT2D eigenvalue weighted by Gasteiger charge is 2.19.